The molecule has 1 N–H and O–H groups in total. The molecule has 2 rings (SSSR count). The fourth-order valence-corrected chi connectivity index (χ4v) is 2.89. The van der Waals surface area contributed by atoms with Crippen LogP contribution in [0.15, 0.2) is 40.8 Å². The molecule has 2 aromatic rings. The average molecular weight is 309 g/mol. The van der Waals surface area contributed by atoms with Gasteiger partial charge in [-0.2, -0.15) is 0 Å². The first-order valence-corrected chi connectivity index (χ1v) is 7.52. The number of carbonyl (C=O) groups excluding carboxylic acids is 1. The third-order valence-corrected chi connectivity index (χ3v) is 4.36. The second-order valence-electron chi connectivity index (χ2n) is 4.08. The van der Waals surface area contributed by atoms with Crippen LogP contribution in [0.1, 0.15) is 17.3 Å². The third kappa shape index (κ3) is 4.14. The van der Waals surface area contributed by atoms with E-state index in [0.717, 1.165) is 15.7 Å². The summed E-state index contributed by atoms with van der Waals surface area (Å²) >= 11 is 2.78. The van der Waals surface area contributed by atoms with Crippen LogP contribution in [0, 0.1) is 5.82 Å². The molecule has 0 fully saturated rings. The molecule has 0 spiro atoms. The average Bonchev–Trinajstić information content (AvgIpc) is 2.84. The first-order chi connectivity index (χ1) is 9.54. The minimum absolute atomic E-state index is 0.247. The van der Waals surface area contributed by atoms with Crippen LogP contribution in [0.2, 0.25) is 0 Å². The summed E-state index contributed by atoms with van der Waals surface area (Å²) in [5, 5.41) is 10.8. The van der Waals surface area contributed by atoms with Crippen LogP contribution in [0.4, 0.5) is 9.52 Å². The lowest BCUT2D eigenvalue weighted by Gasteiger charge is -2.00. The molecular weight excluding hydrogens is 297 g/mol. The minimum atomic E-state index is -0.451. The molecule has 0 aliphatic rings. The van der Waals surface area contributed by atoms with Gasteiger partial charge >= 0.3 is 0 Å². The molecule has 1 heterocycles. The van der Waals surface area contributed by atoms with Crippen molar-refractivity contribution in [3.05, 3.63) is 47.8 Å². The summed E-state index contributed by atoms with van der Waals surface area (Å²) in [7, 11) is 0. The van der Waals surface area contributed by atoms with Crippen molar-refractivity contribution in [1.29, 1.82) is 0 Å². The number of nitrogens with zero attached hydrogens (tertiary/aromatic N) is 2. The quantitative estimate of drug-likeness (QED) is 0.521. The summed E-state index contributed by atoms with van der Waals surface area (Å²) in [5.41, 5.74) is 1.28. The van der Waals surface area contributed by atoms with E-state index < -0.39 is 11.7 Å². The van der Waals surface area contributed by atoms with E-state index in [0.29, 0.717) is 5.13 Å². The molecular formula is C13H12FN3OS2. The number of hydrogen-bond donors (Lipinski definition) is 1. The summed E-state index contributed by atoms with van der Waals surface area (Å²) in [6.45, 7) is 5.73. The summed E-state index contributed by atoms with van der Waals surface area (Å²) in [5.74, 6) is -0.100. The summed E-state index contributed by atoms with van der Waals surface area (Å²) in [6.07, 6.45) is 0. The standard InChI is InChI=1S/C13H12FN3OS2/c1-8(2)7-19-13-17-16-12(20-13)15-11(18)9-4-3-5-10(14)6-9/h3-6H,1,7H2,2H3,(H,15,16,18). The molecule has 0 saturated carbocycles. The van der Waals surface area contributed by atoms with Crippen molar-refractivity contribution in [3.8, 4) is 0 Å². The Kier molecular flexibility index (Phi) is 4.86. The van der Waals surface area contributed by atoms with Crippen LogP contribution >= 0.6 is 23.1 Å². The van der Waals surface area contributed by atoms with Gasteiger partial charge in [0.25, 0.3) is 5.91 Å². The monoisotopic (exact) mass is 309 g/mol. The van der Waals surface area contributed by atoms with Gasteiger partial charge in [-0.05, 0) is 25.1 Å². The Morgan fingerprint density at radius 2 is 2.30 bits per heavy atom. The molecule has 0 bridgehead atoms. The number of thioether (sulfide) groups is 1. The predicted molar refractivity (Wildman–Crippen MR) is 79.8 cm³/mol. The van der Waals surface area contributed by atoms with Gasteiger partial charge in [0.15, 0.2) is 4.34 Å². The molecule has 0 aliphatic carbocycles. The molecule has 1 aromatic carbocycles. The van der Waals surface area contributed by atoms with E-state index in [-0.39, 0.29) is 5.56 Å². The molecule has 0 aliphatic heterocycles. The van der Waals surface area contributed by atoms with Crippen LogP contribution in [0.25, 0.3) is 0 Å². The Hall–Kier alpha value is -1.73. The van der Waals surface area contributed by atoms with E-state index in [2.05, 4.69) is 22.1 Å². The lowest BCUT2D eigenvalue weighted by atomic mass is 10.2. The van der Waals surface area contributed by atoms with Gasteiger partial charge in [0.2, 0.25) is 5.13 Å². The van der Waals surface area contributed by atoms with E-state index in [4.69, 9.17) is 0 Å². The van der Waals surface area contributed by atoms with Crippen LogP contribution in [0.3, 0.4) is 0 Å². The minimum Gasteiger partial charge on any atom is -0.296 e. The van der Waals surface area contributed by atoms with Crippen molar-refractivity contribution >= 4 is 34.1 Å². The van der Waals surface area contributed by atoms with E-state index in [9.17, 15) is 9.18 Å². The number of hydrogen-bond acceptors (Lipinski definition) is 5. The largest absolute Gasteiger partial charge is 0.296 e. The second-order valence-corrected chi connectivity index (χ2v) is 6.28. The molecule has 104 valence electrons. The number of carbonyl (C=O) groups is 1. The maximum Gasteiger partial charge on any atom is 0.257 e. The molecule has 1 aromatic heterocycles. The van der Waals surface area contributed by atoms with Gasteiger partial charge in [-0.25, -0.2) is 4.39 Å². The van der Waals surface area contributed by atoms with Crippen molar-refractivity contribution in [3.63, 3.8) is 0 Å². The zero-order chi connectivity index (χ0) is 14.5. The van der Waals surface area contributed by atoms with Gasteiger partial charge in [0, 0.05) is 11.3 Å². The Balaban J connectivity index is 1.99. The van der Waals surface area contributed by atoms with E-state index >= 15 is 0 Å². The molecule has 0 saturated heterocycles. The normalized spacial score (nSPS) is 10.3. The molecule has 1 amide bonds. The Morgan fingerprint density at radius 3 is 3.00 bits per heavy atom. The summed E-state index contributed by atoms with van der Waals surface area (Å²) in [6, 6.07) is 5.48. The van der Waals surface area contributed by atoms with Gasteiger partial charge < -0.3 is 0 Å². The van der Waals surface area contributed by atoms with Crippen LogP contribution in [-0.2, 0) is 0 Å². The van der Waals surface area contributed by atoms with Crippen LogP contribution < -0.4 is 5.32 Å². The van der Waals surface area contributed by atoms with Crippen LogP contribution in [0.5, 0.6) is 0 Å². The van der Waals surface area contributed by atoms with E-state index in [1.807, 2.05) is 6.92 Å². The summed E-state index contributed by atoms with van der Waals surface area (Å²) in [4.78, 5) is 11.9. The predicted octanol–water partition coefficient (Wildman–Crippen LogP) is 3.60. The lowest BCUT2D eigenvalue weighted by molar-refractivity contribution is 0.102. The van der Waals surface area contributed by atoms with Gasteiger partial charge in [-0.15, -0.1) is 10.2 Å². The number of nitrogens with one attached hydrogen (secondary N) is 1. The number of rotatable bonds is 5. The zero-order valence-electron chi connectivity index (χ0n) is 10.7. The topological polar surface area (TPSA) is 54.9 Å². The number of amides is 1. The first-order valence-electron chi connectivity index (χ1n) is 5.72. The van der Waals surface area contributed by atoms with Gasteiger partial charge in [0.1, 0.15) is 5.82 Å². The second kappa shape index (κ2) is 6.62. The van der Waals surface area contributed by atoms with Crippen molar-refractivity contribution < 1.29 is 9.18 Å². The fourth-order valence-electron chi connectivity index (χ4n) is 1.30. The highest BCUT2D eigenvalue weighted by Crippen LogP contribution is 2.26. The third-order valence-electron chi connectivity index (χ3n) is 2.16. The highest BCUT2D eigenvalue weighted by atomic mass is 32.2. The number of halogens is 1. The number of anilines is 1. The Morgan fingerprint density at radius 1 is 1.50 bits per heavy atom. The van der Waals surface area contributed by atoms with E-state index in [1.54, 1.807) is 0 Å². The smallest absolute Gasteiger partial charge is 0.257 e. The molecule has 20 heavy (non-hydrogen) atoms. The highest BCUT2D eigenvalue weighted by molar-refractivity contribution is 8.01. The van der Waals surface area contributed by atoms with Crippen molar-refractivity contribution in [2.75, 3.05) is 11.1 Å². The molecule has 0 radical (unpaired) electrons. The molecule has 0 atom stereocenters. The van der Waals surface area contributed by atoms with Crippen molar-refractivity contribution in [1.82, 2.24) is 10.2 Å². The van der Waals surface area contributed by atoms with Crippen molar-refractivity contribution in [2.45, 2.75) is 11.3 Å². The number of benzene rings is 1. The maximum atomic E-state index is 13.0. The zero-order valence-corrected chi connectivity index (χ0v) is 12.4. The van der Waals surface area contributed by atoms with Gasteiger partial charge in [-0.1, -0.05) is 41.3 Å². The first kappa shape index (κ1) is 14.7. The van der Waals surface area contributed by atoms with Crippen molar-refractivity contribution in [2.24, 2.45) is 0 Å². The van der Waals surface area contributed by atoms with Gasteiger partial charge in [-0.3, -0.25) is 10.1 Å². The number of aromatic nitrogens is 2. The molecule has 7 heteroatoms. The Labute approximate surface area is 124 Å². The molecule has 0 unspecified atom stereocenters. The van der Waals surface area contributed by atoms with Gasteiger partial charge in [0.05, 0.1) is 0 Å². The fraction of sp³-hybridized carbons (Fsp3) is 0.154. The molecule has 4 nitrogen and oxygen atoms in total. The summed E-state index contributed by atoms with van der Waals surface area (Å²) < 4.78 is 13.8. The lowest BCUT2D eigenvalue weighted by Crippen LogP contribution is -2.11. The van der Waals surface area contributed by atoms with E-state index in [1.165, 1.54) is 47.4 Å². The van der Waals surface area contributed by atoms with Crippen LogP contribution in [-0.4, -0.2) is 21.9 Å². The maximum absolute atomic E-state index is 13.0. The highest BCUT2D eigenvalue weighted by Gasteiger charge is 2.11. The SMILES string of the molecule is C=C(C)CSc1nnc(NC(=O)c2cccc(F)c2)s1. The Bertz CT molecular complexity index is 642.